The quantitative estimate of drug-likeness (QED) is 0.418. The number of carbonyl (C=O) groups is 1. The number of amides is 1. The van der Waals surface area contributed by atoms with Gasteiger partial charge in [0.25, 0.3) is 5.91 Å². The van der Waals surface area contributed by atoms with Crippen molar-refractivity contribution in [1.29, 1.82) is 0 Å². The number of rotatable bonds is 6. The average Bonchev–Trinajstić information content (AvgIpc) is 3.09. The second kappa shape index (κ2) is 8.99. The third kappa shape index (κ3) is 5.04. The first-order valence-electron chi connectivity index (χ1n) is 7.54. The van der Waals surface area contributed by atoms with Crippen LogP contribution < -0.4 is 10.7 Å². The minimum atomic E-state index is -0.312. The highest BCUT2D eigenvalue weighted by atomic mass is 32.1. The molecule has 0 unspecified atom stereocenters. The van der Waals surface area contributed by atoms with Gasteiger partial charge in [-0.05, 0) is 24.7 Å². The fourth-order valence-corrected chi connectivity index (χ4v) is 2.14. The van der Waals surface area contributed by atoms with E-state index in [9.17, 15) is 4.79 Å². The molecule has 0 spiro atoms. The van der Waals surface area contributed by atoms with Gasteiger partial charge in [0, 0.05) is 32.9 Å². The second-order valence-corrected chi connectivity index (χ2v) is 5.50. The second-order valence-electron chi connectivity index (χ2n) is 5.11. The lowest BCUT2D eigenvalue weighted by Gasteiger charge is -2.21. The van der Waals surface area contributed by atoms with Gasteiger partial charge in [0.15, 0.2) is 5.11 Å². The zero-order valence-corrected chi connectivity index (χ0v) is 14.5. The van der Waals surface area contributed by atoms with Crippen LogP contribution in [0, 0.1) is 0 Å². The first-order valence-corrected chi connectivity index (χ1v) is 7.95. The smallest absolute Gasteiger partial charge is 0.287 e. The van der Waals surface area contributed by atoms with E-state index in [-0.39, 0.29) is 5.91 Å². The van der Waals surface area contributed by atoms with Crippen molar-refractivity contribution >= 4 is 23.2 Å². The maximum atomic E-state index is 12.2. The summed E-state index contributed by atoms with van der Waals surface area (Å²) in [6.45, 7) is 1.33. The lowest BCUT2D eigenvalue weighted by atomic mass is 10.1. The summed E-state index contributed by atoms with van der Waals surface area (Å²) in [6.07, 6.45) is 0.833. The Bertz CT molecular complexity index is 674. The molecule has 7 nitrogen and oxygen atoms in total. The van der Waals surface area contributed by atoms with E-state index in [0.717, 1.165) is 12.0 Å². The number of benzene rings is 1. The molecule has 8 heteroatoms. The van der Waals surface area contributed by atoms with Crippen LogP contribution in [0.5, 0.6) is 0 Å². The van der Waals surface area contributed by atoms with E-state index < -0.39 is 0 Å². The van der Waals surface area contributed by atoms with Crippen LogP contribution in [-0.4, -0.2) is 53.5 Å². The number of hydrazine groups is 1. The molecular formula is C16H21N5O2S. The zero-order chi connectivity index (χ0) is 17.4. The minimum Gasteiger partial charge on any atom is -0.385 e. The van der Waals surface area contributed by atoms with Crippen LogP contribution in [0.15, 0.2) is 36.4 Å². The molecular weight excluding hydrogens is 326 g/mol. The standard InChI is InChI=1S/C16H21N5O2S/c1-21(16(24)17-9-6-10-23-2)20-15(22)14-11-13(18-19-14)12-7-4-3-5-8-12/h3-5,7-8,11H,6,9-10H2,1-2H3,(H,17,24)(H,18,19)(H,20,22). The minimum absolute atomic E-state index is 0.312. The van der Waals surface area contributed by atoms with Gasteiger partial charge in [0.05, 0.1) is 5.69 Å². The van der Waals surface area contributed by atoms with Crippen molar-refractivity contribution in [3.63, 3.8) is 0 Å². The average molecular weight is 347 g/mol. The summed E-state index contributed by atoms with van der Waals surface area (Å²) in [5.41, 5.74) is 4.71. The summed E-state index contributed by atoms with van der Waals surface area (Å²) in [5.74, 6) is -0.312. The molecule has 0 saturated carbocycles. The Morgan fingerprint density at radius 2 is 2.12 bits per heavy atom. The van der Waals surface area contributed by atoms with Crippen molar-refractivity contribution in [1.82, 2.24) is 25.9 Å². The Balaban J connectivity index is 1.88. The maximum absolute atomic E-state index is 12.2. The van der Waals surface area contributed by atoms with Crippen molar-refractivity contribution in [3.05, 3.63) is 42.1 Å². The lowest BCUT2D eigenvalue weighted by molar-refractivity contribution is 0.0881. The van der Waals surface area contributed by atoms with Gasteiger partial charge in [-0.15, -0.1) is 0 Å². The molecule has 1 aromatic heterocycles. The molecule has 1 heterocycles. The molecule has 0 atom stereocenters. The van der Waals surface area contributed by atoms with E-state index in [0.29, 0.717) is 29.7 Å². The van der Waals surface area contributed by atoms with Gasteiger partial charge >= 0.3 is 0 Å². The Morgan fingerprint density at radius 1 is 1.38 bits per heavy atom. The number of H-pyrrole nitrogens is 1. The van der Waals surface area contributed by atoms with Gasteiger partial charge in [-0.25, -0.2) is 0 Å². The summed E-state index contributed by atoms with van der Waals surface area (Å²) in [6, 6.07) is 11.3. The molecule has 3 N–H and O–H groups in total. The molecule has 0 aliphatic heterocycles. The van der Waals surface area contributed by atoms with Crippen LogP contribution in [0.4, 0.5) is 0 Å². The summed E-state index contributed by atoms with van der Waals surface area (Å²) in [4.78, 5) is 12.2. The predicted molar refractivity (Wildman–Crippen MR) is 96.3 cm³/mol. The van der Waals surface area contributed by atoms with Gasteiger partial charge in [0.2, 0.25) is 0 Å². The molecule has 2 rings (SSSR count). The lowest BCUT2D eigenvalue weighted by Crippen LogP contribution is -2.48. The SMILES string of the molecule is COCCCNC(=S)N(C)NC(=O)c1cc(-c2ccccc2)n[nH]1. The van der Waals surface area contributed by atoms with Crippen molar-refractivity contribution in [2.45, 2.75) is 6.42 Å². The number of nitrogens with one attached hydrogen (secondary N) is 3. The first-order chi connectivity index (χ1) is 11.6. The van der Waals surface area contributed by atoms with Gasteiger partial charge in [0.1, 0.15) is 5.69 Å². The summed E-state index contributed by atoms with van der Waals surface area (Å²) < 4.78 is 4.97. The Kier molecular flexibility index (Phi) is 6.71. The molecule has 24 heavy (non-hydrogen) atoms. The van der Waals surface area contributed by atoms with Crippen LogP contribution >= 0.6 is 12.2 Å². The van der Waals surface area contributed by atoms with Crippen LogP contribution in [-0.2, 0) is 4.74 Å². The molecule has 2 aromatic rings. The topological polar surface area (TPSA) is 82.3 Å². The Labute approximate surface area is 146 Å². The van der Waals surface area contributed by atoms with Gasteiger partial charge in [-0.2, -0.15) is 5.10 Å². The third-order valence-electron chi connectivity index (χ3n) is 3.27. The fourth-order valence-electron chi connectivity index (χ4n) is 1.99. The molecule has 0 aliphatic carbocycles. The molecule has 0 radical (unpaired) electrons. The number of hydrogen-bond donors (Lipinski definition) is 3. The van der Waals surface area contributed by atoms with Crippen molar-refractivity contribution < 1.29 is 9.53 Å². The summed E-state index contributed by atoms with van der Waals surface area (Å²) in [5, 5.41) is 11.8. The third-order valence-corrected chi connectivity index (χ3v) is 3.69. The molecule has 1 aromatic carbocycles. The van der Waals surface area contributed by atoms with Crippen LogP contribution in [0.25, 0.3) is 11.3 Å². The number of methoxy groups -OCH3 is 1. The van der Waals surface area contributed by atoms with Gasteiger partial charge in [-0.1, -0.05) is 30.3 Å². The molecule has 0 saturated heterocycles. The van der Waals surface area contributed by atoms with Gasteiger partial charge in [-0.3, -0.25) is 20.3 Å². The largest absolute Gasteiger partial charge is 0.385 e. The number of nitrogens with zero attached hydrogens (tertiary/aromatic N) is 2. The summed E-state index contributed by atoms with van der Waals surface area (Å²) in [7, 11) is 3.33. The van der Waals surface area contributed by atoms with Crippen LogP contribution in [0.1, 0.15) is 16.9 Å². The molecule has 0 aliphatic rings. The molecule has 128 valence electrons. The van der Waals surface area contributed by atoms with Crippen molar-refractivity contribution in [2.75, 3.05) is 27.3 Å². The Morgan fingerprint density at radius 3 is 2.83 bits per heavy atom. The van der Waals surface area contributed by atoms with E-state index in [4.69, 9.17) is 17.0 Å². The van der Waals surface area contributed by atoms with Gasteiger partial charge < -0.3 is 10.1 Å². The monoisotopic (exact) mass is 347 g/mol. The maximum Gasteiger partial charge on any atom is 0.287 e. The highest BCUT2D eigenvalue weighted by Gasteiger charge is 2.13. The van der Waals surface area contributed by atoms with Crippen LogP contribution in [0.3, 0.4) is 0 Å². The highest BCUT2D eigenvalue weighted by Crippen LogP contribution is 2.16. The first kappa shape index (κ1) is 17.9. The number of aromatic amines is 1. The molecule has 0 bridgehead atoms. The van der Waals surface area contributed by atoms with E-state index in [1.165, 1.54) is 5.01 Å². The Hall–Kier alpha value is -2.45. The zero-order valence-electron chi connectivity index (χ0n) is 13.7. The molecule has 1 amide bonds. The summed E-state index contributed by atoms with van der Waals surface area (Å²) >= 11 is 5.21. The number of ether oxygens (including phenoxy) is 1. The van der Waals surface area contributed by atoms with Crippen LogP contribution in [0.2, 0.25) is 0 Å². The van der Waals surface area contributed by atoms with Crippen molar-refractivity contribution in [2.24, 2.45) is 0 Å². The highest BCUT2D eigenvalue weighted by molar-refractivity contribution is 7.80. The fraction of sp³-hybridized carbons (Fsp3) is 0.312. The predicted octanol–water partition coefficient (Wildman–Crippen LogP) is 1.56. The number of aromatic nitrogens is 2. The van der Waals surface area contributed by atoms with E-state index in [1.54, 1.807) is 20.2 Å². The normalized spacial score (nSPS) is 10.2. The number of carbonyl (C=O) groups excluding carboxylic acids is 1. The number of thiocarbonyl (C=S) groups is 1. The van der Waals surface area contributed by atoms with E-state index in [2.05, 4.69) is 20.9 Å². The number of hydrogen-bond acceptors (Lipinski definition) is 4. The van der Waals surface area contributed by atoms with E-state index in [1.807, 2.05) is 30.3 Å². The van der Waals surface area contributed by atoms with Crippen molar-refractivity contribution in [3.8, 4) is 11.3 Å². The van der Waals surface area contributed by atoms with E-state index >= 15 is 0 Å². The molecule has 0 fully saturated rings.